The number of fused-ring (bicyclic) bond motifs is 3. The summed E-state index contributed by atoms with van der Waals surface area (Å²) in [7, 11) is 1.80. The summed E-state index contributed by atoms with van der Waals surface area (Å²) in [6.45, 7) is 3.61. The van der Waals surface area contributed by atoms with Crippen LogP contribution in [0.25, 0.3) is 21.8 Å². The minimum atomic E-state index is -0.196. The molecule has 144 valence electrons. The van der Waals surface area contributed by atoms with Gasteiger partial charge in [-0.25, -0.2) is 4.98 Å². The molecule has 2 aromatic heterocycles. The normalized spacial score (nSPS) is 11.5. The van der Waals surface area contributed by atoms with Gasteiger partial charge in [-0.15, -0.1) is 0 Å². The number of aliphatic hydroxyl groups excluding tert-OH is 1. The first-order chi connectivity index (χ1) is 13.3. The van der Waals surface area contributed by atoms with Gasteiger partial charge in [0.05, 0.1) is 38.8 Å². The van der Waals surface area contributed by atoms with E-state index in [1.54, 1.807) is 29.8 Å². The highest BCUT2D eigenvalue weighted by Gasteiger charge is 2.20. The number of imidazole rings is 1. The van der Waals surface area contributed by atoms with Gasteiger partial charge in [0.1, 0.15) is 0 Å². The molecule has 0 amide bonds. The number of anilines is 2. The van der Waals surface area contributed by atoms with Crippen molar-refractivity contribution in [1.82, 2.24) is 14.5 Å². The van der Waals surface area contributed by atoms with E-state index < -0.39 is 0 Å². The molecule has 0 saturated heterocycles. The van der Waals surface area contributed by atoms with Crippen LogP contribution in [-0.2, 0) is 13.7 Å². The van der Waals surface area contributed by atoms with E-state index in [2.05, 4.69) is 15.3 Å². The molecule has 28 heavy (non-hydrogen) atoms. The lowest BCUT2D eigenvalue weighted by atomic mass is 10.0. The maximum Gasteiger partial charge on any atom is 0.258 e. The zero-order valence-electron chi connectivity index (χ0n) is 15.5. The van der Waals surface area contributed by atoms with Crippen LogP contribution >= 0.6 is 23.2 Å². The Bertz CT molecular complexity index is 1290. The van der Waals surface area contributed by atoms with Crippen molar-refractivity contribution in [2.75, 3.05) is 5.32 Å². The van der Waals surface area contributed by atoms with E-state index in [0.29, 0.717) is 43.7 Å². The fourth-order valence-corrected chi connectivity index (χ4v) is 3.96. The molecule has 2 aromatic carbocycles. The maximum absolute atomic E-state index is 12.8. The third-order valence-corrected chi connectivity index (χ3v) is 5.72. The highest BCUT2D eigenvalue weighted by molar-refractivity contribution is 6.39. The van der Waals surface area contributed by atoms with Gasteiger partial charge in [-0.05, 0) is 43.0 Å². The number of para-hydroxylation sites is 1. The van der Waals surface area contributed by atoms with E-state index >= 15 is 0 Å². The summed E-state index contributed by atoms with van der Waals surface area (Å²) in [4.78, 5) is 20.3. The quantitative estimate of drug-likeness (QED) is 0.456. The number of halogens is 2. The monoisotopic (exact) mass is 416 g/mol. The van der Waals surface area contributed by atoms with Crippen LogP contribution in [0.3, 0.4) is 0 Å². The fraction of sp³-hybridized carbons (Fsp3) is 0.200. The van der Waals surface area contributed by atoms with Crippen LogP contribution in [-0.4, -0.2) is 19.6 Å². The first kappa shape index (κ1) is 18.8. The molecular formula is C20H18Cl2N4O2. The van der Waals surface area contributed by atoms with Gasteiger partial charge in [0.2, 0.25) is 5.95 Å². The first-order valence-electron chi connectivity index (χ1n) is 8.66. The molecule has 0 aliphatic heterocycles. The predicted octanol–water partition coefficient (Wildman–Crippen LogP) is 4.57. The Morgan fingerprint density at radius 3 is 2.57 bits per heavy atom. The second-order valence-electron chi connectivity index (χ2n) is 6.73. The number of H-pyrrole nitrogens is 1. The summed E-state index contributed by atoms with van der Waals surface area (Å²) in [5, 5.41) is 15.3. The van der Waals surface area contributed by atoms with Gasteiger partial charge in [-0.3, -0.25) is 4.79 Å². The standard InChI is InChI=1S/C20H18Cl2N4O2/c1-9-10(2)23-19(28)15-12(9)7-11(8-27)16-18(15)26(3)20(24-16)25-17-13(21)5-4-6-14(17)22/h4-7,27H,8H2,1-3H3,(H,23,28)(H,24,25). The Balaban J connectivity index is 2.07. The van der Waals surface area contributed by atoms with Crippen LogP contribution in [0.5, 0.6) is 0 Å². The van der Waals surface area contributed by atoms with E-state index in [-0.39, 0.29) is 12.2 Å². The number of hydrogen-bond donors (Lipinski definition) is 3. The van der Waals surface area contributed by atoms with Gasteiger partial charge in [0, 0.05) is 18.3 Å². The summed E-state index contributed by atoms with van der Waals surface area (Å²) in [5.74, 6) is 0.463. The molecule has 0 atom stereocenters. The largest absolute Gasteiger partial charge is 0.392 e. The summed E-state index contributed by atoms with van der Waals surface area (Å²) in [6.07, 6.45) is 0. The second-order valence-corrected chi connectivity index (χ2v) is 7.55. The molecule has 0 aliphatic carbocycles. The Morgan fingerprint density at radius 2 is 1.93 bits per heavy atom. The predicted molar refractivity (Wildman–Crippen MR) is 114 cm³/mol. The molecule has 0 aliphatic rings. The van der Waals surface area contributed by atoms with Gasteiger partial charge < -0.3 is 20.0 Å². The third-order valence-electron chi connectivity index (χ3n) is 5.09. The molecule has 0 bridgehead atoms. The van der Waals surface area contributed by atoms with Gasteiger partial charge >= 0.3 is 0 Å². The number of aliphatic hydroxyl groups is 1. The van der Waals surface area contributed by atoms with E-state index in [4.69, 9.17) is 23.2 Å². The molecule has 4 rings (SSSR count). The Hall–Kier alpha value is -2.54. The van der Waals surface area contributed by atoms with Gasteiger partial charge in [0.15, 0.2) is 0 Å². The second kappa shape index (κ2) is 6.81. The SMILES string of the molecule is Cc1[nH]c(=O)c2c(cc(CO)c3nc(Nc4c(Cl)cccc4Cl)n(C)c32)c1C. The first-order valence-corrected chi connectivity index (χ1v) is 9.42. The average Bonchev–Trinajstić information content (AvgIpc) is 2.98. The van der Waals surface area contributed by atoms with Crippen molar-refractivity contribution >= 4 is 56.6 Å². The Kier molecular flexibility index (Phi) is 4.57. The van der Waals surface area contributed by atoms with E-state index in [1.807, 2.05) is 19.9 Å². The topological polar surface area (TPSA) is 82.9 Å². The Morgan fingerprint density at radius 1 is 1.25 bits per heavy atom. The summed E-state index contributed by atoms with van der Waals surface area (Å²) < 4.78 is 1.78. The number of aromatic amines is 1. The number of rotatable bonds is 3. The van der Waals surface area contributed by atoms with Crippen LogP contribution in [0.2, 0.25) is 10.0 Å². The van der Waals surface area contributed by atoms with E-state index in [9.17, 15) is 9.90 Å². The molecule has 0 spiro atoms. The summed E-state index contributed by atoms with van der Waals surface area (Å²) in [6, 6.07) is 7.04. The number of nitrogens with zero attached hydrogens (tertiary/aromatic N) is 2. The lowest BCUT2D eigenvalue weighted by Gasteiger charge is -2.11. The number of aryl methyl sites for hydroxylation is 3. The highest BCUT2D eigenvalue weighted by atomic mass is 35.5. The van der Waals surface area contributed by atoms with Crippen molar-refractivity contribution in [3.8, 4) is 0 Å². The number of aromatic nitrogens is 3. The van der Waals surface area contributed by atoms with Crippen LogP contribution in [0.1, 0.15) is 16.8 Å². The molecule has 3 N–H and O–H groups in total. The van der Waals surface area contributed by atoms with Crippen molar-refractivity contribution in [2.45, 2.75) is 20.5 Å². The molecular weight excluding hydrogens is 399 g/mol. The van der Waals surface area contributed by atoms with Gasteiger partial charge in [0.25, 0.3) is 5.56 Å². The molecule has 2 heterocycles. The third kappa shape index (κ3) is 2.76. The zero-order valence-corrected chi connectivity index (χ0v) is 17.0. The smallest absolute Gasteiger partial charge is 0.258 e. The molecule has 0 saturated carbocycles. The molecule has 8 heteroatoms. The van der Waals surface area contributed by atoms with Crippen molar-refractivity contribution in [3.63, 3.8) is 0 Å². The highest BCUT2D eigenvalue weighted by Crippen LogP contribution is 2.35. The average molecular weight is 417 g/mol. The lowest BCUT2D eigenvalue weighted by Crippen LogP contribution is -2.11. The molecule has 4 aromatic rings. The van der Waals surface area contributed by atoms with Crippen LogP contribution in [0.15, 0.2) is 29.1 Å². The number of nitrogens with one attached hydrogen (secondary N) is 2. The van der Waals surface area contributed by atoms with Crippen molar-refractivity contribution in [3.05, 3.63) is 61.5 Å². The zero-order chi connectivity index (χ0) is 20.2. The van der Waals surface area contributed by atoms with Crippen molar-refractivity contribution in [2.24, 2.45) is 7.05 Å². The van der Waals surface area contributed by atoms with Crippen molar-refractivity contribution in [1.29, 1.82) is 0 Å². The summed E-state index contributed by atoms with van der Waals surface area (Å²) >= 11 is 12.5. The minimum Gasteiger partial charge on any atom is -0.392 e. The number of hydrogen-bond acceptors (Lipinski definition) is 4. The van der Waals surface area contributed by atoms with E-state index in [0.717, 1.165) is 16.6 Å². The van der Waals surface area contributed by atoms with Crippen molar-refractivity contribution < 1.29 is 5.11 Å². The van der Waals surface area contributed by atoms with Crippen LogP contribution in [0, 0.1) is 13.8 Å². The van der Waals surface area contributed by atoms with Gasteiger partial charge in [-0.2, -0.15) is 0 Å². The molecule has 0 fully saturated rings. The van der Waals surface area contributed by atoms with E-state index in [1.165, 1.54) is 0 Å². The number of benzene rings is 2. The molecule has 0 radical (unpaired) electrons. The Labute approximate surface area is 170 Å². The molecule has 6 nitrogen and oxygen atoms in total. The maximum atomic E-state index is 12.8. The van der Waals surface area contributed by atoms with Gasteiger partial charge in [-0.1, -0.05) is 29.3 Å². The van der Waals surface area contributed by atoms with Crippen LogP contribution in [0.4, 0.5) is 11.6 Å². The minimum absolute atomic E-state index is 0.193. The molecule has 0 unspecified atom stereocenters. The summed E-state index contributed by atoms with van der Waals surface area (Å²) in [5.41, 5.74) is 3.91. The van der Waals surface area contributed by atoms with Crippen LogP contribution < -0.4 is 10.9 Å². The fourth-order valence-electron chi connectivity index (χ4n) is 3.47. The lowest BCUT2D eigenvalue weighted by molar-refractivity contribution is 0.283. The number of pyridine rings is 1.